The molecule has 21 heavy (non-hydrogen) atoms. The summed E-state index contributed by atoms with van der Waals surface area (Å²) in [5.74, 6) is 0.104. The number of amides is 3. The topological polar surface area (TPSA) is 61.4 Å². The number of nitrogens with one attached hydrogen (secondary N) is 2. The highest BCUT2D eigenvalue weighted by molar-refractivity contribution is 7.14. The summed E-state index contributed by atoms with van der Waals surface area (Å²) in [6, 6.07) is 8.98. The molecular weight excluding hydrogens is 286 g/mol. The molecule has 2 aromatic rings. The van der Waals surface area contributed by atoms with E-state index in [1.807, 2.05) is 42.6 Å². The van der Waals surface area contributed by atoms with E-state index in [0.717, 1.165) is 16.3 Å². The molecule has 0 fully saturated rings. The second-order valence-corrected chi connectivity index (χ2v) is 5.66. The number of carbonyl (C=O) groups is 2. The van der Waals surface area contributed by atoms with Gasteiger partial charge in [0.15, 0.2) is 0 Å². The Kier molecular flexibility index (Phi) is 3.62. The fourth-order valence-electron chi connectivity index (χ4n) is 2.43. The van der Waals surface area contributed by atoms with Crippen molar-refractivity contribution in [2.24, 2.45) is 0 Å². The second-order valence-electron chi connectivity index (χ2n) is 4.71. The number of hydrogen-bond donors (Lipinski definition) is 2. The zero-order valence-corrected chi connectivity index (χ0v) is 12.4. The molecule has 3 rings (SSSR count). The largest absolute Gasteiger partial charge is 0.324 e. The fraction of sp³-hybridized carbons (Fsp3) is 0.200. The van der Waals surface area contributed by atoms with Crippen LogP contribution in [0.15, 0.2) is 35.7 Å². The average molecular weight is 301 g/mol. The summed E-state index contributed by atoms with van der Waals surface area (Å²) in [6.07, 6.45) is 0.394. The summed E-state index contributed by atoms with van der Waals surface area (Å²) in [4.78, 5) is 25.5. The van der Waals surface area contributed by atoms with Crippen LogP contribution in [0.2, 0.25) is 0 Å². The van der Waals surface area contributed by atoms with E-state index in [1.165, 1.54) is 11.3 Å². The van der Waals surface area contributed by atoms with Crippen molar-refractivity contribution in [1.29, 1.82) is 0 Å². The van der Waals surface area contributed by atoms with Crippen LogP contribution in [-0.2, 0) is 11.2 Å². The maximum atomic E-state index is 11.9. The van der Waals surface area contributed by atoms with Crippen LogP contribution >= 0.6 is 11.3 Å². The van der Waals surface area contributed by atoms with Crippen molar-refractivity contribution in [3.8, 4) is 0 Å². The summed E-state index contributed by atoms with van der Waals surface area (Å²) < 4.78 is 0. The van der Waals surface area contributed by atoms with E-state index < -0.39 is 0 Å². The van der Waals surface area contributed by atoms with Crippen LogP contribution in [0, 0.1) is 0 Å². The summed E-state index contributed by atoms with van der Waals surface area (Å²) in [7, 11) is 0. The van der Waals surface area contributed by atoms with E-state index in [-0.39, 0.29) is 11.9 Å². The van der Waals surface area contributed by atoms with Crippen molar-refractivity contribution >= 4 is 39.7 Å². The average Bonchev–Trinajstić information content (AvgIpc) is 3.04. The van der Waals surface area contributed by atoms with Crippen LogP contribution < -0.4 is 15.5 Å². The molecule has 1 aromatic heterocycles. The molecular formula is C15H15N3O2S. The number of rotatable bonds is 3. The quantitative estimate of drug-likeness (QED) is 0.913. The minimum atomic E-state index is -0.283. The number of likely N-dealkylation sites (N-methyl/N-ethyl adjacent to an activating group) is 1. The summed E-state index contributed by atoms with van der Waals surface area (Å²) in [6.45, 7) is 2.62. The highest BCUT2D eigenvalue weighted by atomic mass is 32.1. The van der Waals surface area contributed by atoms with E-state index in [2.05, 4.69) is 10.6 Å². The predicted molar refractivity (Wildman–Crippen MR) is 85.1 cm³/mol. The first-order chi connectivity index (χ1) is 10.2. The molecule has 0 bridgehead atoms. The van der Waals surface area contributed by atoms with Crippen LogP contribution in [-0.4, -0.2) is 18.5 Å². The number of benzene rings is 1. The number of nitrogens with zero attached hydrogens (tertiary/aromatic N) is 1. The first-order valence-electron chi connectivity index (χ1n) is 6.72. The van der Waals surface area contributed by atoms with Gasteiger partial charge in [0.2, 0.25) is 5.91 Å². The van der Waals surface area contributed by atoms with Gasteiger partial charge >= 0.3 is 6.03 Å². The molecule has 1 aliphatic rings. The van der Waals surface area contributed by atoms with Crippen molar-refractivity contribution in [2.45, 2.75) is 13.3 Å². The van der Waals surface area contributed by atoms with E-state index in [4.69, 9.17) is 0 Å². The van der Waals surface area contributed by atoms with Gasteiger partial charge in [-0.3, -0.25) is 10.1 Å². The molecule has 5 nitrogen and oxygen atoms in total. The van der Waals surface area contributed by atoms with Gasteiger partial charge in [0.05, 0.1) is 11.4 Å². The van der Waals surface area contributed by atoms with Gasteiger partial charge in [-0.2, -0.15) is 0 Å². The number of urea groups is 1. The molecule has 2 heterocycles. The Morgan fingerprint density at radius 1 is 1.33 bits per heavy atom. The van der Waals surface area contributed by atoms with Crippen LogP contribution in [0.5, 0.6) is 0 Å². The third kappa shape index (κ3) is 2.75. The summed E-state index contributed by atoms with van der Waals surface area (Å²) >= 11 is 1.46. The zero-order chi connectivity index (χ0) is 14.8. The third-order valence-corrected chi connectivity index (χ3v) is 4.13. The lowest BCUT2D eigenvalue weighted by Crippen LogP contribution is -2.25. The predicted octanol–water partition coefficient (Wildman–Crippen LogP) is 3.30. The molecule has 0 unspecified atom stereocenters. The SMILES string of the molecule is CCN1C(=O)Cc2cc(NC(=O)Nc3cccs3)ccc21. The monoisotopic (exact) mass is 301 g/mol. The van der Waals surface area contributed by atoms with E-state index >= 15 is 0 Å². The Morgan fingerprint density at radius 2 is 2.19 bits per heavy atom. The molecule has 0 spiro atoms. The fourth-order valence-corrected chi connectivity index (χ4v) is 3.04. The van der Waals surface area contributed by atoms with Crippen molar-refractivity contribution in [3.05, 3.63) is 41.3 Å². The summed E-state index contributed by atoms with van der Waals surface area (Å²) in [5.41, 5.74) is 2.58. The van der Waals surface area contributed by atoms with Crippen LogP contribution in [0.3, 0.4) is 0 Å². The van der Waals surface area contributed by atoms with Crippen molar-refractivity contribution in [1.82, 2.24) is 0 Å². The Morgan fingerprint density at radius 3 is 2.90 bits per heavy atom. The van der Waals surface area contributed by atoms with Gasteiger partial charge in [0, 0.05) is 17.9 Å². The van der Waals surface area contributed by atoms with Crippen molar-refractivity contribution in [3.63, 3.8) is 0 Å². The Bertz CT molecular complexity index is 682. The van der Waals surface area contributed by atoms with Gasteiger partial charge < -0.3 is 10.2 Å². The lowest BCUT2D eigenvalue weighted by molar-refractivity contribution is -0.117. The second kappa shape index (κ2) is 5.57. The van der Waals surface area contributed by atoms with Gasteiger partial charge in [0.25, 0.3) is 0 Å². The number of fused-ring (bicyclic) bond motifs is 1. The van der Waals surface area contributed by atoms with Gasteiger partial charge in [-0.15, -0.1) is 11.3 Å². The third-order valence-electron chi connectivity index (χ3n) is 3.35. The summed E-state index contributed by atoms with van der Waals surface area (Å²) in [5, 5.41) is 8.23. The minimum Gasteiger partial charge on any atom is -0.312 e. The van der Waals surface area contributed by atoms with Gasteiger partial charge in [-0.25, -0.2) is 4.79 Å². The molecule has 108 valence electrons. The number of anilines is 3. The normalized spacial score (nSPS) is 13.2. The maximum absolute atomic E-state index is 11.9. The van der Waals surface area contributed by atoms with Gasteiger partial charge in [-0.1, -0.05) is 0 Å². The van der Waals surface area contributed by atoms with Crippen LogP contribution in [0.25, 0.3) is 0 Å². The Balaban J connectivity index is 1.72. The molecule has 2 N–H and O–H groups in total. The first kappa shape index (κ1) is 13.6. The Labute approximate surface area is 126 Å². The van der Waals surface area contributed by atoms with E-state index in [1.54, 1.807) is 4.90 Å². The molecule has 3 amide bonds. The van der Waals surface area contributed by atoms with E-state index in [0.29, 0.717) is 18.7 Å². The molecule has 0 aliphatic carbocycles. The zero-order valence-electron chi connectivity index (χ0n) is 11.6. The molecule has 0 atom stereocenters. The molecule has 0 radical (unpaired) electrons. The van der Waals surface area contributed by atoms with Crippen molar-refractivity contribution < 1.29 is 9.59 Å². The Hall–Kier alpha value is -2.34. The minimum absolute atomic E-state index is 0.104. The van der Waals surface area contributed by atoms with Gasteiger partial charge in [0.1, 0.15) is 0 Å². The number of thiophene rings is 1. The van der Waals surface area contributed by atoms with Crippen molar-refractivity contribution in [2.75, 3.05) is 22.1 Å². The standard InChI is InChI=1S/C15H15N3O2S/c1-2-18-12-6-5-11(8-10(12)9-14(18)19)16-15(20)17-13-4-3-7-21-13/h3-8H,2,9H2,1H3,(H2,16,17,20). The lowest BCUT2D eigenvalue weighted by Gasteiger charge is -2.15. The molecule has 1 aliphatic heterocycles. The van der Waals surface area contributed by atoms with Crippen LogP contribution in [0.4, 0.5) is 21.2 Å². The molecule has 1 aromatic carbocycles. The molecule has 6 heteroatoms. The van der Waals surface area contributed by atoms with Crippen LogP contribution in [0.1, 0.15) is 12.5 Å². The van der Waals surface area contributed by atoms with E-state index in [9.17, 15) is 9.59 Å². The molecule has 0 saturated heterocycles. The maximum Gasteiger partial charge on any atom is 0.324 e. The van der Waals surface area contributed by atoms with Gasteiger partial charge in [-0.05, 0) is 48.2 Å². The smallest absolute Gasteiger partial charge is 0.312 e. The number of hydrogen-bond acceptors (Lipinski definition) is 3. The molecule has 0 saturated carbocycles. The highest BCUT2D eigenvalue weighted by Crippen LogP contribution is 2.31. The lowest BCUT2D eigenvalue weighted by atomic mass is 10.1. The highest BCUT2D eigenvalue weighted by Gasteiger charge is 2.25. The first-order valence-corrected chi connectivity index (χ1v) is 7.60. The number of carbonyl (C=O) groups excluding carboxylic acids is 2.